The maximum absolute atomic E-state index is 12.8. The summed E-state index contributed by atoms with van der Waals surface area (Å²) in [6.07, 6.45) is -4.48. The van der Waals surface area contributed by atoms with Crippen molar-refractivity contribution in [2.24, 2.45) is 0 Å². The van der Waals surface area contributed by atoms with E-state index >= 15 is 0 Å². The normalized spacial score (nSPS) is 11.1. The molecule has 0 bridgehead atoms. The highest BCUT2D eigenvalue weighted by Gasteiger charge is 2.43. The number of carboxylic acids is 1. The van der Waals surface area contributed by atoms with E-state index in [1.807, 2.05) is 0 Å². The van der Waals surface area contributed by atoms with Crippen LogP contribution in [-0.4, -0.2) is 23.0 Å². The number of alkyl halides is 2. The van der Waals surface area contributed by atoms with Crippen LogP contribution >= 0.6 is 0 Å². The van der Waals surface area contributed by atoms with Crippen molar-refractivity contribution in [2.45, 2.75) is 13.0 Å². The van der Waals surface area contributed by atoms with Crippen LogP contribution in [0.5, 0.6) is 5.75 Å². The second-order valence-electron chi connectivity index (χ2n) is 3.12. The number of halogens is 3. The van der Waals surface area contributed by atoms with Crippen molar-refractivity contribution in [3.8, 4) is 5.75 Å². The number of aliphatic carboxylic acids is 1. The lowest BCUT2D eigenvalue weighted by Crippen LogP contribution is -2.35. The summed E-state index contributed by atoms with van der Waals surface area (Å²) >= 11 is 0. The van der Waals surface area contributed by atoms with Gasteiger partial charge in [-0.3, -0.25) is 4.79 Å². The van der Waals surface area contributed by atoms with Crippen LogP contribution in [0.25, 0.3) is 0 Å². The molecule has 92 valence electrons. The summed E-state index contributed by atoms with van der Waals surface area (Å²) < 4.78 is 42.2. The summed E-state index contributed by atoms with van der Waals surface area (Å²) in [5.41, 5.74) is -0.453. The van der Waals surface area contributed by atoms with Crippen LogP contribution in [0.1, 0.15) is 17.3 Å². The molecule has 17 heavy (non-hydrogen) atoms. The Labute approximate surface area is 93.6 Å². The summed E-state index contributed by atoms with van der Waals surface area (Å²) in [6, 6.07) is 2.23. The quantitative estimate of drug-likeness (QED) is 0.828. The molecule has 0 amide bonds. The first-order valence-corrected chi connectivity index (χ1v) is 4.35. The van der Waals surface area contributed by atoms with Gasteiger partial charge in [-0.05, 0) is 25.1 Å². The van der Waals surface area contributed by atoms with E-state index < -0.39 is 35.0 Å². The number of hydrogen-bond acceptors (Lipinski definition) is 3. The highest BCUT2D eigenvalue weighted by molar-refractivity contribution is 5.96. The molecule has 0 spiro atoms. The number of hydrogen-bond donors (Lipinski definition) is 1. The van der Waals surface area contributed by atoms with E-state index in [4.69, 9.17) is 5.11 Å². The van der Waals surface area contributed by atoms with E-state index in [1.54, 1.807) is 0 Å². The molecule has 0 aliphatic rings. The molecule has 0 aliphatic carbocycles. The third kappa shape index (κ3) is 2.96. The van der Waals surface area contributed by atoms with Gasteiger partial charge in [-0.25, -0.2) is 9.18 Å². The van der Waals surface area contributed by atoms with E-state index in [9.17, 15) is 22.8 Å². The smallest absolute Gasteiger partial charge is 0.474 e. The van der Waals surface area contributed by atoms with E-state index in [-0.39, 0.29) is 0 Å². The summed E-state index contributed by atoms with van der Waals surface area (Å²) in [4.78, 5) is 21.2. The Morgan fingerprint density at radius 2 is 1.94 bits per heavy atom. The molecule has 1 rings (SSSR count). The largest absolute Gasteiger partial charge is 0.501 e. The molecule has 0 aliphatic heterocycles. The van der Waals surface area contributed by atoms with Gasteiger partial charge in [0.25, 0.3) is 0 Å². The van der Waals surface area contributed by atoms with Crippen molar-refractivity contribution in [2.75, 3.05) is 0 Å². The predicted molar refractivity (Wildman–Crippen MR) is 49.6 cm³/mol. The molecule has 0 unspecified atom stereocenters. The van der Waals surface area contributed by atoms with E-state index in [1.165, 1.54) is 0 Å². The zero-order valence-corrected chi connectivity index (χ0v) is 8.54. The van der Waals surface area contributed by atoms with Crippen molar-refractivity contribution in [3.63, 3.8) is 0 Å². The Morgan fingerprint density at radius 1 is 1.35 bits per heavy atom. The minimum atomic E-state index is -4.48. The fourth-order valence-electron chi connectivity index (χ4n) is 1.05. The first-order valence-electron chi connectivity index (χ1n) is 4.35. The van der Waals surface area contributed by atoms with Crippen LogP contribution in [0.2, 0.25) is 0 Å². The lowest BCUT2D eigenvalue weighted by molar-refractivity contribution is -0.210. The van der Waals surface area contributed by atoms with Gasteiger partial charge in [-0.1, -0.05) is 0 Å². The Balaban J connectivity index is 3.15. The molecule has 1 aromatic rings. The Hall–Kier alpha value is -2.05. The van der Waals surface area contributed by atoms with E-state index in [2.05, 4.69) is 4.74 Å². The fraction of sp³-hybridized carbons (Fsp3) is 0.200. The second kappa shape index (κ2) is 4.44. The number of benzene rings is 1. The number of carboxylic acid groups (broad SMARTS) is 1. The van der Waals surface area contributed by atoms with E-state index in [0.717, 1.165) is 19.1 Å². The highest BCUT2D eigenvalue weighted by atomic mass is 19.3. The van der Waals surface area contributed by atoms with Crippen LogP contribution in [0, 0.1) is 5.82 Å². The van der Waals surface area contributed by atoms with Crippen LogP contribution < -0.4 is 4.74 Å². The van der Waals surface area contributed by atoms with Crippen LogP contribution in [0.15, 0.2) is 18.2 Å². The molecule has 1 N–H and O–H groups in total. The van der Waals surface area contributed by atoms with Crippen molar-refractivity contribution in [1.29, 1.82) is 0 Å². The lowest BCUT2D eigenvalue weighted by Gasteiger charge is -2.15. The Kier molecular flexibility index (Phi) is 3.40. The van der Waals surface area contributed by atoms with Gasteiger partial charge in [0.1, 0.15) is 11.6 Å². The third-order valence-electron chi connectivity index (χ3n) is 1.81. The average Bonchev–Trinajstić information content (AvgIpc) is 2.19. The third-order valence-corrected chi connectivity index (χ3v) is 1.81. The minimum absolute atomic E-state index is 0.453. The SMILES string of the molecule is CC(=O)c1cc(F)ccc1OC(F)(F)C(=O)O. The molecule has 0 aromatic heterocycles. The maximum Gasteiger partial charge on any atom is 0.501 e. The molecule has 4 nitrogen and oxygen atoms in total. The summed E-state index contributed by atoms with van der Waals surface area (Å²) in [5.74, 6) is -4.73. The fourth-order valence-corrected chi connectivity index (χ4v) is 1.05. The second-order valence-corrected chi connectivity index (χ2v) is 3.12. The van der Waals surface area contributed by atoms with Crippen LogP contribution in [0.4, 0.5) is 13.2 Å². The van der Waals surface area contributed by atoms with Gasteiger partial charge in [0.2, 0.25) is 0 Å². The summed E-state index contributed by atoms with van der Waals surface area (Å²) in [5, 5.41) is 8.15. The van der Waals surface area contributed by atoms with Crippen molar-refractivity contribution >= 4 is 11.8 Å². The summed E-state index contributed by atoms with van der Waals surface area (Å²) in [7, 11) is 0. The number of ketones is 1. The van der Waals surface area contributed by atoms with Gasteiger partial charge in [0, 0.05) is 0 Å². The topological polar surface area (TPSA) is 63.6 Å². The number of carbonyl (C=O) groups excluding carboxylic acids is 1. The first-order chi connectivity index (χ1) is 7.74. The lowest BCUT2D eigenvalue weighted by atomic mass is 10.1. The van der Waals surface area contributed by atoms with Gasteiger partial charge in [0.15, 0.2) is 5.78 Å². The van der Waals surface area contributed by atoms with Gasteiger partial charge < -0.3 is 9.84 Å². The zero-order valence-electron chi connectivity index (χ0n) is 8.54. The molecular formula is C10H7F3O4. The molecule has 0 saturated carbocycles. The number of Topliss-reactive ketones (excluding diaryl/α,β-unsaturated/α-hetero) is 1. The van der Waals surface area contributed by atoms with Gasteiger partial charge in [-0.2, -0.15) is 8.78 Å². The molecule has 7 heteroatoms. The van der Waals surface area contributed by atoms with Crippen molar-refractivity contribution < 1.29 is 32.6 Å². The monoisotopic (exact) mass is 248 g/mol. The van der Waals surface area contributed by atoms with E-state index in [0.29, 0.717) is 6.07 Å². The Bertz CT molecular complexity index is 471. The molecule has 0 saturated heterocycles. The number of ether oxygens (including phenoxy) is 1. The van der Waals surface area contributed by atoms with Crippen molar-refractivity contribution in [3.05, 3.63) is 29.6 Å². The molecule has 0 fully saturated rings. The number of carbonyl (C=O) groups is 2. The van der Waals surface area contributed by atoms with Gasteiger partial charge >= 0.3 is 12.1 Å². The Morgan fingerprint density at radius 3 is 2.41 bits per heavy atom. The predicted octanol–water partition coefficient (Wildman–Crippen LogP) is 2.08. The van der Waals surface area contributed by atoms with Gasteiger partial charge in [0.05, 0.1) is 5.56 Å². The molecular weight excluding hydrogens is 241 g/mol. The van der Waals surface area contributed by atoms with Crippen molar-refractivity contribution in [1.82, 2.24) is 0 Å². The number of rotatable bonds is 4. The maximum atomic E-state index is 12.8. The minimum Gasteiger partial charge on any atom is -0.474 e. The van der Waals surface area contributed by atoms with Gasteiger partial charge in [-0.15, -0.1) is 0 Å². The molecule has 1 aromatic carbocycles. The molecule has 0 radical (unpaired) electrons. The first kappa shape index (κ1) is 13.0. The van der Waals surface area contributed by atoms with Crippen LogP contribution in [-0.2, 0) is 4.79 Å². The molecule has 0 heterocycles. The van der Waals surface area contributed by atoms with Crippen LogP contribution in [0.3, 0.4) is 0 Å². The average molecular weight is 248 g/mol. The zero-order chi connectivity index (χ0) is 13.2. The summed E-state index contributed by atoms with van der Waals surface area (Å²) in [6.45, 7) is 1.01. The highest BCUT2D eigenvalue weighted by Crippen LogP contribution is 2.26. The molecule has 0 atom stereocenters. The standard InChI is InChI=1S/C10H7F3O4/c1-5(14)7-4-6(11)2-3-8(7)17-10(12,13)9(15)16/h2-4H,1H3,(H,15,16).